The highest BCUT2D eigenvalue weighted by Gasteiger charge is 2.26. The molecule has 0 aromatic carbocycles. The van der Waals surface area contributed by atoms with Crippen molar-refractivity contribution in [1.82, 2.24) is 24.5 Å². The quantitative estimate of drug-likeness (QED) is 0.808. The lowest BCUT2D eigenvalue weighted by Crippen LogP contribution is -2.39. The summed E-state index contributed by atoms with van der Waals surface area (Å²) in [6.45, 7) is 4.81. The van der Waals surface area contributed by atoms with E-state index in [0.717, 1.165) is 36.5 Å². The Balaban J connectivity index is 1.73. The minimum Gasteiger partial charge on any atom is -0.345 e. The summed E-state index contributed by atoms with van der Waals surface area (Å²) in [6, 6.07) is 1.98. The van der Waals surface area contributed by atoms with Crippen molar-refractivity contribution in [2.75, 3.05) is 19.3 Å². The summed E-state index contributed by atoms with van der Waals surface area (Å²) in [5, 5.41) is 5.15. The Labute approximate surface area is 128 Å². The number of fused-ring (bicyclic) bond motifs is 1. The maximum absolute atomic E-state index is 12.1. The third kappa shape index (κ3) is 2.88. The summed E-state index contributed by atoms with van der Waals surface area (Å²) in [7, 11) is 1.87. The van der Waals surface area contributed by atoms with Gasteiger partial charge >= 0.3 is 0 Å². The van der Waals surface area contributed by atoms with Crippen molar-refractivity contribution in [2.45, 2.75) is 31.8 Å². The molecule has 0 aliphatic carbocycles. The van der Waals surface area contributed by atoms with Gasteiger partial charge in [-0.3, -0.25) is 4.79 Å². The molecule has 21 heavy (non-hydrogen) atoms. The molecule has 1 aliphatic rings. The molecule has 1 saturated heterocycles. The van der Waals surface area contributed by atoms with E-state index in [9.17, 15) is 4.79 Å². The predicted molar refractivity (Wildman–Crippen MR) is 81.3 cm³/mol. The zero-order valence-electron chi connectivity index (χ0n) is 12.5. The van der Waals surface area contributed by atoms with E-state index in [1.165, 1.54) is 0 Å². The highest BCUT2D eigenvalue weighted by atomic mass is 32.2. The van der Waals surface area contributed by atoms with E-state index >= 15 is 0 Å². The lowest BCUT2D eigenvalue weighted by atomic mass is 10.00. The Kier molecular flexibility index (Phi) is 3.84. The number of aromatic nitrogens is 4. The molecule has 6 nitrogen and oxygen atoms in total. The molecule has 0 spiro atoms. The smallest absolute Gasteiger partial charge is 0.253 e. The summed E-state index contributed by atoms with van der Waals surface area (Å²) in [6.07, 6.45) is 2.03. The monoisotopic (exact) mass is 305 g/mol. The van der Waals surface area contributed by atoms with Gasteiger partial charge in [-0.1, -0.05) is 11.8 Å². The number of carbonyl (C=O) groups is 1. The Morgan fingerprint density at radius 2 is 2.19 bits per heavy atom. The topological polar surface area (TPSA) is 63.4 Å². The van der Waals surface area contributed by atoms with E-state index in [1.807, 2.05) is 31.9 Å². The van der Waals surface area contributed by atoms with Gasteiger partial charge in [0.1, 0.15) is 0 Å². The number of hydrogen-bond acceptors (Lipinski definition) is 5. The summed E-state index contributed by atoms with van der Waals surface area (Å²) in [5.74, 6) is 1.68. The molecule has 7 heteroatoms. The molecule has 1 unspecified atom stereocenters. The normalized spacial score (nSPS) is 19.5. The summed E-state index contributed by atoms with van der Waals surface area (Å²) < 4.78 is 1.75. The van der Waals surface area contributed by atoms with Crippen molar-refractivity contribution in [3.05, 3.63) is 17.5 Å². The van der Waals surface area contributed by atoms with E-state index in [-0.39, 0.29) is 11.8 Å². The lowest BCUT2D eigenvalue weighted by molar-refractivity contribution is -0.135. The number of hydrogen-bond donors (Lipinski definition) is 0. The van der Waals surface area contributed by atoms with E-state index in [2.05, 4.69) is 15.1 Å². The van der Waals surface area contributed by atoms with Gasteiger partial charge in [0, 0.05) is 36.7 Å². The van der Waals surface area contributed by atoms with Crippen LogP contribution in [0, 0.1) is 19.8 Å². The maximum Gasteiger partial charge on any atom is 0.253 e. The van der Waals surface area contributed by atoms with Crippen molar-refractivity contribution in [2.24, 2.45) is 5.92 Å². The van der Waals surface area contributed by atoms with Crippen molar-refractivity contribution in [1.29, 1.82) is 0 Å². The molecule has 2 aromatic rings. The highest BCUT2D eigenvalue weighted by molar-refractivity contribution is 7.99. The Morgan fingerprint density at radius 3 is 3.00 bits per heavy atom. The van der Waals surface area contributed by atoms with Crippen LogP contribution in [-0.4, -0.2) is 49.7 Å². The number of rotatable bonds is 3. The predicted octanol–water partition coefficient (Wildman–Crippen LogP) is 1.70. The number of thioether (sulfide) groups is 1. The number of amides is 1. The second-order valence-corrected chi connectivity index (χ2v) is 6.54. The third-order valence-corrected chi connectivity index (χ3v) is 4.78. The van der Waals surface area contributed by atoms with Gasteiger partial charge in [-0.15, -0.1) is 5.10 Å². The van der Waals surface area contributed by atoms with E-state index < -0.39 is 0 Å². The first kappa shape index (κ1) is 14.3. The number of likely N-dealkylation sites (tertiary alicyclic amines) is 1. The summed E-state index contributed by atoms with van der Waals surface area (Å²) in [5.41, 5.74) is 1.96. The molecule has 1 amide bonds. The lowest BCUT2D eigenvalue weighted by Gasteiger charge is -2.28. The highest BCUT2D eigenvalue weighted by Crippen LogP contribution is 2.24. The first-order valence-electron chi connectivity index (χ1n) is 7.13. The van der Waals surface area contributed by atoms with Gasteiger partial charge < -0.3 is 4.90 Å². The fourth-order valence-electron chi connectivity index (χ4n) is 2.66. The molecule has 0 N–H and O–H groups in total. The average molecular weight is 305 g/mol. The number of carbonyl (C=O) groups excluding carboxylic acids is 1. The standard InChI is InChI=1S/C14H19N5OS/c1-9-7-10(2)19-13(15-9)16-14(17-19)21-8-11-5-4-6-18(3)12(11)20/h7,11H,4-6,8H2,1-3H3. The van der Waals surface area contributed by atoms with Crippen LogP contribution in [0.2, 0.25) is 0 Å². The molecule has 3 rings (SSSR count). The van der Waals surface area contributed by atoms with Gasteiger partial charge in [0.25, 0.3) is 5.78 Å². The van der Waals surface area contributed by atoms with Crippen LogP contribution in [0.5, 0.6) is 0 Å². The van der Waals surface area contributed by atoms with Crippen LogP contribution < -0.4 is 0 Å². The van der Waals surface area contributed by atoms with Crippen molar-refractivity contribution in [3.63, 3.8) is 0 Å². The number of aryl methyl sites for hydroxylation is 2. The van der Waals surface area contributed by atoms with E-state index in [1.54, 1.807) is 16.3 Å². The molecule has 1 aliphatic heterocycles. The maximum atomic E-state index is 12.1. The Hall–Kier alpha value is -1.63. The van der Waals surface area contributed by atoms with E-state index in [0.29, 0.717) is 10.9 Å². The minimum absolute atomic E-state index is 0.0798. The van der Waals surface area contributed by atoms with Crippen LogP contribution in [0.25, 0.3) is 5.78 Å². The van der Waals surface area contributed by atoms with Crippen LogP contribution in [-0.2, 0) is 4.79 Å². The summed E-state index contributed by atoms with van der Waals surface area (Å²) in [4.78, 5) is 22.7. The first-order chi connectivity index (χ1) is 10.0. The second kappa shape index (κ2) is 5.63. The Morgan fingerprint density at radius 1 is 1.38 bits per heavy atom. The van der Waals surface area contributed by atoms with Crippen LogP contribution in [0.3, 0.4) is 0 Å². The number of nitrogens with zero attached hydrogens (tertiary/aromatic N) is 5. The first-order valence-corrected chi connectivity index (χ1v) is 8.12. The van der Waals surface area contributed by atoms with Crippen LogP contribution in [0.15, 0.2) is 11.2 Å². The molecule has 0 bridgehead atoms. The molecule has 1 atom stereocenters. The zero-order valence-corrected chi connectivity index (χ0v) is 13.4. The van der Waals surface area contributed by atoms with E-state index in [4.69, 9.17) is 0 Å². The molecule has 0 radical (unpaired) electrons. The van der Waals surface area contributed by atoms with Crippen LogP contribution in [0.1, 0.15) is 24.2 Å². The molecule has 2 aromatic heterocycles. The fourth-order valence-corrected chi connectivity index (χ4v) is 3.60. The van der Waals surface area contributed by atoms with Crippen molar-refractivity contribution >= 4 is 23.4 Å². The third-order valence-electron chi connectivity index (χ3n) is 3.78. The molecule has 0 saturated carbocycles. The molecular weight excluding hydrogens is 286 g/mol. The number of piperidine rings is 1. The zero-order chi connectivity index (χ0) is 15.0. The van der Waals surface area contributed by atoms with Crippen LogP contribution >= 0.6 is 11.8 Å². The second-order valence-electron chi connectivity index (χ2n) is 5.56. The molecule has 1 fully saturated rings. The van der Waals surface area contributed by atoms with Gasteiger partial charge in [-0.05, 0) is 32.8 Å². The summed E-state index contributed by atoms with van der Waals surface area (Å²) >= 11 is 1.54. The van der Waals surface area contributed by atoms with Gasteiger partial charge in [0.2, 0.25) is 11.1 Å². The van der Waals surface area contributed by atoms with Crippen molar-refractivity contribution in [3.8, 4) is 0 Å². The van der Waals surface area contributed by atoms with Crippen LogP contribution in [0.4, 0.5) is 0 Å². The average Bonchev–Trinajstić information content (AvgIpc) is 2.83. The van der Waals surface area contributed by atoms with Gasteiger partial charge in [0.15, 0.2) is 0 Å². The molecular formula is C14H19N5OS. The molecule has 112 valence electrons. The Bertz CT molecular complexity index is 683. The fraction of sp³-hybridized carbons (Fsp3) is 0.571. The molecule has 3 heterocycles. The minimum atomic E-state index is 0.0798. The SMILES string of the molecule is Cc1cc(C)n2nc(SCC3CCCN(C)C3=O)nc2n1. The van der Waals surface area contributed by atoms with Gasteiger partial charge in [-0.2, -0.15) is 4.98 Å². The van der Waals surface area contributed by atoms with Crippen molar-refractivity contribution < 1.29 is 4.79 Å². The largest absolute Gasteiger partial charge is 0.345 e. The van der Waals surface area contributed by atoms with Gasteiger partial charge in [-0.25, -0.2) is 9.50 Å². The van der Waals surface area contributed by atoms with Gasteiger partial charge in [0.05, 0.1) is 0 Å².